The first-order chi connectivity index (χ1) is 12.7. The Morgan fingerprint density at radius 2 is 1.85 bits per heavy atom. The number of rotatable bonds is 6. The number of nitro benzene ring substituents is 1. The molecule has 0 saturated carbocycles. The average molecular weight is 365 g/mol. The molecule has 0 aliphatic rings. The number of allylic oxidation sites excluding steroid dienone is 1. The highest BCUT2D eigenvalue weighted by atomic mass is 32.2. The number of benzene rings is 2. The number of hydrogen-bond donors (Lipinski definition) is 2. The van der Waals surface area contributed by atoms with Crippen LogP contribution in [0, 0.1) is 21.4 Å². The minimum absolute atomic E-state index is 0.0654. The third-order valence-electron chi connectivity index (χ3n) is 3.23. The molecular formula is C16H11N7O2S. The molecule has 0 spiro atoms. The number of tetrazole rings is 1. The summed E-state index contributed by atoms with van der Waals surface area (Å²) in [4.78, 5) is 12.1. The number of nitrogens with zero attached hydrogens (tertiary/aromatic N) is 5. The molecular weight excluding hydrogens is 354 g/mol. The lowest BCUT2D eigenvalue weighted by atomic mass is 10.3. The van der Waals surface area contributed by atoms with Crippen LogP contribution in [0.1, 0.15) is 5.82 Å². The van der Waals surface area contributed by atoms with E-state index in [0.29, 0.717) is 0 Å². The third kappa shape index (κ3) is 4.22. The number of H-pyrrole nitrogens is 1. The molecule has 0 aliphatic heterocycles. The van der Waals surface area contributed by atoms with Crippen LogP contribution >= 0.6 is 11.8 Å². The van der Waals surface area contributed by atoms with Crippen molar-refractivity contribution >= 4 is 28.7 Å². The van der Waals surface area contributed by atoms with Crippen LogP contribution in [0.4, 0.5) is 11.4 Å². The van der Waals surface area contributed by atoms with E-state index in [-0.39, 0.29) is 17.1 Å². The molecule has 3 rings (SSSR count). The molecule has 26 heavy (non-hydrogen) atoms. The van der Waals surface area contributed by atoms with Crippen LogP contribution < -0.4 is 5.32 Å². The van der Waals surface area contributed by atoms with Crippen LogP contribution in [-0.4, -0.2) is 25.5 Å². The number of aromatic amines is 1. The third-order valence-corrected chi connectivity index (χ3v) is 4.24. The second kappa shape index (κ2) is 7.91. The molecule has 0 bridgehead atoms. The largest absolute Gasteiger partial charge is 0.360 e. The number of nitro groups is 1. The van der Waals surface area contributed by atoms with Gasteiger partial charge in [-0.25, -0.2) is 0 Å². The maximum absolute atomic E-state index is 10.7. The number of non-ortho nitro benzene ring substituents is 1. The maximum Gasteiger partial charge on any atom is 0.269 e. The SMILES string of the molecule is N#CC(=CNc1ccc(Sc2ccc([N+](=O)[O-])cc2)cc1)c1nn[nH]n1. The number of nitrogens with one attached hydrogen (secondary N) is 2. The lowest BCUT2D eigenvalue weighted by Crippen LogP contribution is -1.92. The Morgan fingerprint density at radius 3 is 2.38 bits per heavy atom. The normalized spacial score (nSPS) is 11.0. The van der Waals surface area contributed by atoms with Gasteiger partial charge in [0.05, 0.1) is 4.92 Å². The van der Waals surface area contributed by atoms with Crippen molar-refractivity contribution in [3.05, 3.63) is 70.7 Å². The molecule has 0 fully saturated rings. The van der Waals surface area contributed by atoms with Gasteiger partial charge in [0.15, 0.2) is 0 Å². The van der Waals surface area contributed by atoms with E-state index < -0.39 is 4.92 Å². The van der Waals surface area contributed by atoms with Gasteiger partial charge in [-0.05, 0) is 41.6 Å². The van der Waals surface area contributed by atoms with Crippen molar-refractivity contribution in [1.29, 1.82) is 5.26 Å². The van der Waals surface area contributed by atoms with Gasteiger partial charge < -0.3 is 5.32 Å². The molecule has 1 heterocycles. The van der Waals surface area contributed by atoms with E-state index in [9.17, 15) is 10.1 Å². The van der Waals surface area contributed by atoms with E-state index in [1.807, 2.05) is 30.3 Å². The van der Waals surface area contributed by atoms with Crippen LogP contribution in [0.25, 0.3) is 5.57 Å². The van der Waals surface area contributed by atoms with Crippen molar-refractivity contribution in [2.75, 3.05) is 5.32 Å². The molecule has 0 amide bonds. The lowest BCUT2D eigenvalue weighted by Gasteiger charge is -2.04. The Balaban J connectivity index is 1.65. The Kier molecular flexibility index (Phi) is 5.21. The van der Waals surface area contributed by atoms with Crippen molar-refractivity contribution in [2.45, 2.75) is 9.79 Å². The van der Waals surface area contributed by atoms with Crippen LogP contribution in [-0.2, 0) is 0 Å². The first-order valence-corrected chi connectivity index (χ1v) is 8.10. The molecule has 1 aromatic heterocycles. The van der Waals surface area contributed by atoms with Gasteiger partial charge in [-0.1, -0.05) is 11.8 Å². The van der Waals surface area contributed by atoms with Gasteiger partial charge >= 0.3 is 0 Å². The van der Waals surface area contributed by atoms with E-state index >= 15 is 0 Å². The molecule has 10 heteroatoms. The van der Waals surface area contributed by atoms with E-state index in [1.165, 1.54) is 30.1 Å². The Labute approximate surface area is 151 Å². The summed E-state index contributed by atoms with van der Waals surface area (Å²) < 4.78 is 0. The smallest absolute Gasteiger partial charge is 0.269 e. The molecule has 2 aromatic carbocycles. The number of nitriles is 1. The second-order valence-electron chi connectivity index (χ2n) is 4.93. The first kappa shape index (κ1) is 17.1. The standard InChI is InChI=1S/C16H11N7O2S/c17-9-11(16-19-21-22-20-16)10-18-12-1-5-14(6-2-12)26-15-7-3-13(4-8-15)23(24)25/h1-8,10,18H,(H,19,20,21,22). The minimum atomic E-state index is -0.424. The van der Waals surface area contributed by atoms with E-state index in [2.05, 4.69) is 25.9 Å². The van der Waals surface area contributed by atoms with Crippen LogP contribution in [0.5, 0.6) is 0 Å². The highest BCUT2D eigenvalue weighted by Crippen LogP contribution is 2.29. The maximum atomic E-state index is 10.7. The summed E-state index contributed by atoms with van der Waals surface area (Å²) in [5.74, 6) is 0.213. The molecule has 0 atom stereocenters. The molecule has 3 aromatic rings. The fourth-order valence-corrected chi connectivity index (χ4v) is 2.79. The Morgan fingerprint density at radius 1 is 1.19 bits per heavy atom. The summed E-state index contributed by atoms with van der Waals surface area (Å²) in [5, 5.41) is 36.0. The molecule has 9 nitrogen and oxygen atoms in total. The van der Waals surface area contributed by atoms with Gasteiger partial charge in [0.1, 0.15) is 11.6 Å². The predicted octanol–water partition coefficient (Wildman–Crippen LogP) is 3.24. The number of aromatic nitrogens is 4. The zero-order valence-electron chi connectivity index (χ0n) is 13.2. The van der Waals surface area contributed by atoms with E-state index in [0.717, 1.165) is 15.5 Å². The van der Waals surface area contributed by atoms with Crippen molar-refractivity contribution in [3.8, 4) is 6.07 Å². The summed E-state index contributed by atoms with van der Waals surface area (Å²) >= 11 is 1.49. The summed E-state index contributed by atoms with van der Waals surface area (Å²) in [6.07, 6.45) is 1.50. The number of hydrogen-bond acceptors (Lipinski definition) is 8. The molecule has 0 unspecified atom stereocenters. The summed E-state index contributed by atoms with van der Waals surface area (Å²) in [5.41, 5.74) is 1.10. The van der Waals surface area contributed by atoms with Crippen LogP contribution in [0.15, 0.2) is 64.5 Å². The average Bonchev–Trinajstić information content (AvgIpc) is 3.18. The monoisotopic (exact) mass is 365 g/mol. The molecule has 0 saturated heterocycles. The topological polar surface area (TPSA) is 133 Å². The fraction of sp³-hybridized carbons (Fsp3) is 0. The quantitative estimate of drug-likeness (QED) is 0.386. The fourth-order valence-electron chi connectivity index (χ4n) is 1.97. The number of anilines is 1. The summed E-state index contributed by atoms with van der Waals surface area (Å²) in [6.45, 7) is 0. The van der Waals surface area contributed by atoms with Crippen molar-refractivity contribution < 1.29 is 4.92 Å². The Hall–Kier alpha value is -3.71. The second-order valence-corrected chi connectivity index (χ2v) is 6.07. The zero-order valence-corrected chi connectivity index (χ0v) is 14.0. The Bertz CT molecular complexity index is 961. The van der Waals surface area contributed by atoms with Crippen molar-refractivity contribution in [2.24, 2.45) is 0 Å². The van der Waals surface area contributed by atoms with Gasteiger partial charge in [-0.3, -0.25) is 10.1 Å². The van der Waals surface area contributed by atoms with Gasteiger partial charge in [-0.2, -0.15) is 10.5 Å². The summed E-state index contributed by atoms with van der Waals surface area (Å²) in [6, 6.07) is 15.9. The van der Waals surface area contributed by atoms with Gasteiger partial charge in [-0.15, -0.1) is 10.2 Å². The van der Waals surface area contributed by atoms with Crippen molar-refractivity contribution in [3.63, 3.8) is 0 Å². The van der Waals surface area contributed by atoms with Gasteiger partial charge in [0, 0.05) is 33.8 Å². The summed E-state index contributed by atoms with van der Waals surface area (Å²) in [7, 11) is 0. The van der Waals surface area contributed by atoms with Crippen molar-refractivity contribution in [1.82, 2.24) is 20.6 Å². The minimum Gasteiger partial charge on any atom is -0.360 e. The molecule has 2 N–H and O–H groups in total. The highest BCUT2D eigenvalue weighted by molar-refractivity contribution is 7.99. The predicted molar refractivity (Wildman–Crippen MR) is 95.1 cm³/mol. The molecule has 0 aliphatic carbocycles. The van der Waals surface area contributed by atoms with E-state index in [1.54, 1.807) is 12.1 Å². The van der Waals surface area contributed by atoms with Crippen LogP contribution in [0.2, 0.25) is 0 Å². The first-order valence-electron chi connectivity index (χ1n) is 7.29. The lowest BCUT2D eigenvalue weighted by molar-refractivity contribution is -0.384. The molecule has 0 radical (unpaired) electrons. The van der Waals surface area contributed by atoms with Gasteiger partial charge in [0.25, 0.3) is 5.69 Å². The highest BCUT2D eigenvalue weighted by Gasteiger charge is 2.06. The van der Waals surface area contributed by atoms with Crippen LogP contribution in [0.3, 0.4) is 0 Å². The van der Waals surface area contributed by atoms with Gasteiger partial charge in [0.2, 0.25) is 5.82 Å². The van der Waals surface area contributed by atoms with E-state index in [4.69, 9.17) is 5.26 Å². The molecule has 128 valence electrons. The zero-order chi connectivity index (χ0) is 18.4.